The lowest BCUT2D eigenvalue weighted by Gasteiger charge is -2.06. The van der Waals surface area contributed by atoms with Crippen LogP contribution in [-0.2, 0) is 11.2 Å². The molecule has 1 rings (SSSR count). The molecule has 0 heterocycles. The van der Waals surface area contributed by atoms with E-state index < -0.39 is 0 Å². The third kappa shape index (κ3) is 7.01. The molecule has 0 radical (unpaired) electrons. The first-order valence-electron chi connectivity index (χ1n) is 6.60. The van der Waals surface area contributed by atoms with Gasteiger partial charge in [0.05, 0.1) is 0 Å². The monoisotopic (exact) mass is 235 g/mol. The normalized spacial score (nSPS) is 11.0. The molecule has 1 aromatic carbocycles. The van der Waals surface area contributed by atoms with Gasteiger partial charge in [0.15, 0.2) is 0 Å². The molecule has 0 aliphatic heterocycles. The summed E-state index contributed by atoms with van der Waals surface area (Å²) in [4.78, 5) is 0. The lowest BCUT2D eigenvalue weighted by atomic mass is 10.1. The number of benzene rings is 1. The Bertz CT molecular complexity index is 310. The number of hydrogen-bond donors (Lipinski definition) is 1. The average molecular weight is 235 g/mol. The maximum absolute atomic E-state index is 5.73. The zero-order valence-electron chi connectivity index (χ0n) is 11.1. The van der Waals surface area contributed by atoms with Gasteiger partial charge in [-0.1, -0.05) is 26.0 Å². The summed E-state index contributed by atoms with van der Waals surface area (Å²) in [6.45, 7) is 6.25. The van der Waals surface area contributed by atoms with Crippen LogP contribution in [-0.4, -0.2) is 13.2 Å². The molecule has 0 amide bonds. The molecule has 0 saturated heterocycles. The molecule has 0 saturated carbocycles. The van der Waals surface area contributed by atoms with E-state index in [4.69, 9.17) is 10.5 Å². The van der Waals surface area contributed by atoms with Crippen LogP contribution in [0.5, 0.6) is 0 Å². The van der Waals surface area contributed by atoms with Crippen LogP contribution in [0.1, 0.15) is 38.7 Å². The van der Waals surface area contributed by atoms with Crippen molar-refractivity contribution in [3.05, 3.63) is 29.8 Å². The zero-order valence-corrected chi connectivity index (χ0v) is 11.1. The van der Waals surface area contributed by atoms with Crippen LogP contribution in [0.3, 0.4) is 0 Å². The maximum Gasteiger partial charge on any atom is 0.0469 e. The average Bonchev–Trinajstić information content (AvgIpc) is 2.27. The molecule has 0 unspecified atom stereocenters. The molecule has 0 aliphatic carbocycles. The number of anilines is 1. The number of hydrogen-bond acceptors (Lipinski definition) is 2. The van der Waals surface area contributed by atoms with Gasteiger partial charge in [0.25, 0.3) is 0 Å². The topological polar surface area (TPSA) is 35.2 Å². The summed E-state index contributed by atoms with van der Waals surface area (Å²) in [5, 5.41) is 0. The first-order chi connectivity index (χ1) is 8.18. The molecule has 0 aliphatic rings. The van der Waals surface area contributed by atoms with Crippen LogP contribution in [0.2, 0.25) is 0 Å². The first-order valence-corrected chi connectivity index (χ1v) is 6.60. The summed E-state index contributed by atoms with van der Waals surface area (Å²) < 4.78 is 5.60. The Balaban J connectivity index is 2.01. The predicted octanol–water partition coefficient (Wildman–Crippen LogP) is 3.65. The highest BCUT2D eigenvalue weighted by molar-refractivity contribution is 5.40. The van der Waals surface area contributed by atoms with E-state index in [-0.39, 0.29) is 0 Å². The van der Waals surface area contributed by atoms with Crippen molar-refractivity contribution in [2.45, 2.75) is 39.5 Å². The molecule has 2 heteroatoms. The van der Waals surface area contributed by atoms with Crippen LogP contribution in [0.15, 0.2) is 24.3 Å². The SMILES string of the molecule is CC(C)CCCOCCCc1cccc(N)c1. The highest BCUT2D eigenvalue weighted by Crippen LogP contribution is 2.09. The Morgan fingerprint density at radius 3 is 2.65 bits per heavy atom. The number of rotatable bonds is 8. The fourth-order valence-corrected chi connectivity index (χ4v) is 1.82. The highest BCUT2D eigenvalue weighted by Gasteiger charge is 1.96. The molecule has 0 atom stereocenters. The van der Waals surface area contributed by atoms with E-state index in [1.807, 2.05) is 18.2 Å². The van der Waals surface area contributed by atoms with Crippen molar-refractivity contribution in [3.63, 3.8) is 0 Å². The second-order valence-electron chi connectivity index (χ2n) is 5.00. The molecule has 0 bridgehead atoms. The fourth-order valence-electron chi connectivity index (χ4n) is 1.82. The van der Waals surface area contributed by atoms with Gasteiger partial charge in [-0.25, -0.2) is 0 Å². The molecule has 0 aromatic heterocycles. The Hall–Kier alpha value is -1.02. The van der Waals surface area contributed by atoms with Crippen LogP contribution in [0.4, 0.5) is 5.69 Å². The fraction of sp³-hybridized carbons (Fsp3) is 0.600. The van der Waals surface area contributed by atoms with Crippen molar-refractivity contribution >= 4 is 5.69 Å². The predicted molar refractivity (Wildman–Crippen MR) is 74.1 cm³/mol. The van der Waals surface area contributed by atoms with Crippen LogP contribution < -0.4 is 5.73 Å². The molecule has 1 aromatic rings. The first kappa shape index (κ1) is 14.0. The van der Waals surface area contributed by atoms with Gasteiger partial charge in [0.1, 0.15) is 0 Å². The molecular weight excluding hydrogens is 210 g/mol. The number of aryl methyl sites for hydroxylation is 1. The molecule has 2 N–H and O–H groups in total. The minimum atomic E-state index is 0.783. The molecule has 2 nitrogen and oxygen atoms in total. The van der Waals surface area contributed by atoms with Gasteiger partial charge >= 0.3 is 0 Å². The second kappa shape index (κ2) is 8.13. The lowest BCUT2D eigenvalue weighted by Crippen LogP contribution is -2.00. The van der Waals surface area contributed by atoms with Gasteiger partial charge in [-0.05, 0) is 49.3 Å². The van der Waals surface area contributed by atoms with Gasteiger partial charge in [-0.15, -0.1) is 0 Å². The third-order valence-corrected chi connectivity index (χ3v) is 2.78. The van der Waals surface area contributed by atoms with Crippen LogP contribution in [0, 0.1) is 5.92 Å². The van der Waals surface area contributed by atoms with E-state index in [0.717, 1.165) is 37.7 Å². The van der Waals surface area contributed by atoms with Crippen molar-refractivity contribution in [1.82, 2.24) is 0 Å². The molecule has 17 heavy (non-hydrogen) atoms. The van der Waals surface area contributed by atoms with E-state index >= 15 is 0 Å². The van der Waals surface area contributed by atoms with Gasteiger partial charge in [-0.2, -0.15) is 0 Å². The van der Waals surface area contributed by atoms with E-state index in [2.05, 4.69) is 19.9 Å². The van der Waals surface area contributed by atoms with E-state index in [0.29, 0.717) is 0 Å². The summed E-state index contributed by atoms with van der Waals surface area (Å²) in [5.41, 5.74) is 7.87. The zero-order chi connectivity index (χ0) is 12.5. The van der Waals surface area contributed by atoms with E-state index in [9.17, 15) is 0 Å². The minimum absolute atomic E-state index is 0.783. The van der Waals surface area contributed by atoms with Gasteiger partial charge in [-0.3, -0.25) is 0 Å². The van der Waals surface area contributed by atoms with Crippen LogP contribution in [0.25, 0.3) is 0 Å². The third-order valence-electron chi connectivity index (χ3n) is 2.78. The van der Waals surface area contributed by atoms with E-state index in [1.54, 1.807) is 0 Å². The summed E-state index contributed by atoms with van der Waals surface area (Å²) in [6.07, 6.45) is 4.56. The van der Waals surface area contributed by atoms with Gasteiger partial charge in [0, 0.05) is 18.9 Å². The molecular formula is C15H25NO. The van der Waals surface area contributed by atoms with Crippen LogP contribution >= 0.6 is 0 Å². The minimum Gasteiger partial charge on any atom is -0.399 e. The van der Waals surface area contributed by atoms with Crippen molar-refractivity contribution in [2.24, 2.45) is 5.92 Å². The van der Waals surface area contributed by atoms with Gasteiger partial charge in [0.2, 0.25) is 0 Å². The summed E-state index contributed by atoms with van der Waals surface area (Å²) >= 11 is 0. The molecule has 0 spiro atoms. The van der Waals surface area contributed by atoms with Crippen molar-refractivity contribution in [3.8, 4) is 0 Å². The standard InChI is InChI=1S/C15H25NO/c1-13(2)6-4-10-17-11-5-8-14-7-3-9-15(16)12-14/h3,7,9,12-13H,4-6,8,10-11,16H2,1-2H3. The Morgan fingerprint density at radius 2 is 1.94 bits per heavy atom. The number of nitrogens with two attached hydrogens (primary N) is 1. The summed E-state index contributed by atoms with van der Waals surface area (Å²) in [6, 6.07) is 8.09. The molecule has 0 fully saturated rings. The Morgan fingerprint density at radius 1 is 1.18 bits per heavy atom. The Kier molecular flexibility index (Phi) is 6.71. The Labute approximate surface area is 105 Å². The number of nitrogen functional groups attached to an aromatic ring is 1. The molecule has 96 valence electrons. The van der Waals surface area contributed by atoms with Crippen molar-refractivity contribution in [2.75, 3.05) is 18.9 Å². The maximum atomic E-state index is 5.73. The summed E-state index contributed by atoms with van der Waals surface area (Å²) in [5.74, 6) is 0.783. The smallest absolute Gasteiger partial charge is 0.0469 e. The van der Waals surface area contributed by atoms with Crippen molar-refractivity contribution in [1.29, 1.82) is 0 Å². The highest BCUT2D eigenvalue weighted by atomic mass is 16.5. The quantitative estimate of drug-likeness (QED) is 0.551. The van der Waals surface area contributed by atoms with Gasteiger partial charge < -0.3 is 10.5 Å². The summed E-state index contributed by atoms with van der Waals surface area (Å²) in [7, 11) is 0. The second-order valence-corrected chi connectivity index (χ2v) is 5.00. The van der Waals surface area contributed by atoms with E-state index in [1.165, 1.54) is 18.4 Å². The number of ether oxygens (including phenoxy) is 1. The van der Waals surface area contributed by atoms with Crippen molar-refractivity contribution < 1.29 is 4.74 Å². The largest absolute Gasteiger partial charge is 0.399 e. The lowest BCUT2D eigenvalue weighted by molar-refractivity contribution is 0.126.